The summed E-state index contributed by atoms with van der Waals surface area (Å²) in [7, 11) is 1.24. The molecular formula is C12H21NO5. The Bertz CT molecular complexity index is 290. The molecule has 0 aliphatic carbocycles. The second kappa shape index (κ2) is 8.52. The first-order valence-corrected chi connectivity index (χ1v) is 5.69. The second-order valence-corrected chi connectivity index (χ2v) is 3.93. The number of carbonyl (C=O) groups excluding carboxylic acids is 2. The van der Waals surface area contributed by atoms with E-state index in [2.05, 4.69) is 16.6 Å². The van der Waals surface area contributed by atoms with Crippen LogP contribution < -0.4 is 5.32 Å². The van der Waals surface area contributed by atoms with Gasteiger partial charge in [-0.15, -0.1) is 6.58 Å². The Morgan fingerprint density at radius 1 is 1.33 bits per heavy atom. The van der Waals surface area contributed by atoms with Gasteiger partial charge in [0.1, 0.15) is 0 Å². The monoisotopic (exact) mass is 259 g/mol. The lowest BCUT2D eigenvalue weighted by Crippen LogP contribution is -2.49. The first-order chi connectivity index (χ1) is 8.42. The van der Waals surface area contributed by atoms with E-state index in [0.29, 0.717) is 0 Å². The molecule has 6 nitrogen and oxygen atoms in total. The number of hydrogen-bond donors (Lipinski definition) is 1. The molecule has 2 atom stereocenters. The van der Waals surface area contributed by atoms with E-state index in [1.807, 2.05) is 0 Å². The predicted octanol–water partition coefficient (Wildman–Crippen LogP) is 1.25. The molecule has 1 N–H and O–H groups in total. The molecule has 0 heterocycles. The van der Waals surface area contributed by atoms with Crippen LogP contribution in [0.2, 0.25) is 0 Å². The topological polar surface area (TPSA) is 73.9 Å². The fraction of sp³-hybridized carbons (Fsp3) is 0.667. The lowest BCUT2D eigenvalue weighted by molar-refractivity contribution is -0.146. The zero-order chi connectivity index (χ0) is 14.1. The fourth-order valence-electron chi connectivity index (χ4n) is 1.19. The van der Waals surface area contributed by atoms with Gasteiger partial charge in [-0.25, -0.2) is 9.59 Å². The Morgan fingerprint density at radius 2 is 1.94 bits per heavy atom. The van der Waals surface area contributed by atoms with Gasteiger partial charge in [0.25, 0.3) is 0 Å². The highest BCUT2D eigenvalue weighted by Crippen LogP contribution is 2.03. The van der Waals surface area contributed by atoms with Crippen molar-refractivity contribution in [2.24, 2.45) is 0 Å². The SMILES string of the molecule is C=CCO[C@@H](C)[C@H](NC(=O)OC(C)C)C(=O)OC. The molecule has 0 rings (SSSR count). The molecule has 0 saturated carbocycles. The van der Waals surface area contributed by atoms with Crippen LogP contribution in [0.3, 0.4) is 0 Å². The average molecular weight is 259 g/mol. The van der Waals surface area contributed by atoms with Crippen molar-refractivity contribution in [3.8, 4) is 0 Å². The Morgan fingerprint density at radius 3 is 2.39 bits per heavy atom. The molecule has 0 saturated heterocycles. The van der Waals surface area contributed by atoms with E-state index < -0.39 is 24.2 Å². The number of nitrogens with one attached hydrogen (secondary N) is 1. The number of hydrogen-bond acceptors (Lipinski definition) is 5. The van der Waals surface area contributed by atoms with E-state index in [1.165, 1.54) is 7.11 Å². The lowest BCUT2D eigenvalue weighted by atomic mass is 10.2. The van der Waals surface area contributed by atoms with Crippen LogP contribution in [-0.4, -0.2) is 44.0 Å². The summed E-state index contributed by atoms with van der Waals surface area (Å²) in [5, 5.41) is 2.41. The highest BCUT2D eigenvalue weighted by Gasteiger charge is 2.29. The van der Waals surface area contributed by atoms with E-state index in [4.69, 9.17) is 9.47 Å². The van der Waals surface area contributed by atoms with Gasteiger partial charge < -0.3 is 19.5 Å². The van der Waals surface area contributed by atoms with Crippen molar-refractivity contribution in [3.63, 3.8) is 0 Å². The van der Waals surface area contributed by atoms with Gasteiger partial charge in [0.15, 0.2) is 6.04 Å². The lowest BCUT2D eigenvalue weighted by Gasteiger charge is -2.23. The molecule has 0 aliphatic rings. The van der Waals surface area contributed by atoms with Crippen LogP contribution in [0, 0.1) is 0 Å². The third-order valence-electron chi connectivity index (χ3n) is 2.02. The molecule has 0 aliphatic heterocycles. The first kappa shape index (κ1) is 16.4. The Balaban J connectivity index is 4.53. The van der Waals surface area contributed by atoms with E-state index in [9.17, 15) is 9.59 Å². The van der Waals surface area contributed by atoms with Crippen LogP contribution in [0.25, 0.3) is 0 Å². The minimum absolute atomic E-state index is 0.271. The van der Waals surface area contributed by atoms with E-state index in [1.54, 1.807) is 26.8 Å². The maximum Gasteiger partial charge on any atom is 0.408 e. The van der Waals surface area contributed by atoms with Gasteiger partial charge in [0, 0.05) is 0 Å². The molecule has 0 aromatic heterocycles. The van der Waals surface area contributed by atoms with Crippen molar-refractivity contribution in [2.75, 3.05) is 13.7 Å². The van der Waals surface area contributed by atoms with Crippen LogP contribution >= 0.6 is 0 Å². The summed E-state index contributed by atoms with van der Waals surface area (Å²) < 4.78 is 14.8. The quantitative estimate of drug-likeness (QED) is 0.550. The second-order valence-electron chi connectivity index (χ2n) is 3.93. The summed E-state index contributed by atoms with van der Waals surface area (Å²) in [5.74, 6) is -0.590. The summed E-state index contributed by atoms with van der Waals surface area (Å²) >= 11 is 0. The zero-order valence-electron chi connectivity index (χ0n) is 11.3. The van der Waals surface area contributed by atoms with Gasteiger partial charge in [-0.3, -0.25) is 0 Å². The molecule has 0 fully saturated rings. The molecule has 6 heteroatoms. The number of esters is 1. The van der Waals surface area contributed by atoms with Crippen LogP contribution in [-0.2, 0) is 19.0 Å². The molecule has 0 unspecified atom stereocenters. The Labute approximate surface area is 107 Å². The number of rotatable bonds is 7. The van der Waals surface area contributed by atoms with Crippen LogP contribution in [0.1, 0.15) is 20.8 Å². The van der Waals surface area contributed by atoms with E-state index in [0.717, 1.165) is 0 Å². The van der Waals surface area contributed by atoms with Crippen LogP contribution in [0.5, 0.6) is 0 Å². The van der Waals surface area contributed by atoms with Crippen molar-refractivity contribution in [2.45, 2.75) is 39.0 Å². The molecular weight excluding hydrogens is 238 g/mol. The first-order valence-electron chi connectivity index (χ1n) is 5.69. The largest absolute Gasteiger partial charge is 0.467 e. The minimum Gasteiger partial charge on any atom is -0.467 e. The molecule has 0 aromatic rings. The normalized spacial score (nSPS) is 13.6. The van der Waals surface area contributed by atoms with E-state index >= 15 is 0 Å². The highest BCUT2D eigenvalue weighted by molar-refractivity contribution is 5.81. The molecule has 1 amide bonds. The van der Waals surface area contributed by atoms with Gasteiger partial charge in [0.2, 0.25) is 0 Å². The summed E-state index contributed by atoms with van der Waals surface area (Å²) in [5.41, 5.74) is 0. The van der Waals surface area contributed by atoms with Crippen LogP contribution in [0.15, 0.2) is 12.7 Å². The molecule has 18 heavy (non-hydrogen) atoms. The van der Waals surface area contributed by atoms with Gasteiger partial charge >= 0.3 is 12.1 Å². The van der Waals surface area contributed by atoms with Gasteiger partial charge in [0.05, 0.1) is 25.9 Å². The number of ether oxygens (including phenoxy) is 3. The van der Waals surface area contributed by atoms with Crippen LogP contribution in [0.4, 0.5) is 4.79 Å². The van der Waals surface area contributed by atoms with Gasteiger partial charge in [-0.05, 0) is 20.8 Å². The number of amides is 1. The Hall–Kier alpha value is -1.56. The molecule has 0 aromatic carbocycles. The Kier molecular flexibility index (Phi) is 7.78. The fourth-order valence-corrected chi connectivity index (χ4v) is 1.19. The molecule has 104 valence electrons. The third-order valence-corrected chi connectivity index (χ3v) is 2.02. The molecule has 0 bridgehead atoms. The number of alkyl carbamates (subject to hydrolysis) is 1. The molecule has 0 spiro atoms. The van der Waals surface area contributed by atoms with E-state index in [-0.39, 0.29) is 12.7 Å². The van der Waals surface area contributed by atoms with Crippen molar-refractivity contribution in [3.05, 3.63) is 12.7 Å². The maximum atomic E-state index is 11.5. The minimum atomic E-state index is -0.916. The van der Waals surface area contributed by atoms with Crippen molar-refractivity contribution < 1.29 is 23.8 Å². The predicted molar refractivity (Wildman–Crippen MR) is 66.2 cm³/mol. The summed E-state index contributed by atoms with van der Waals surface area (Å²) in [4.78, 5) is 23.0. The van der Waals surface area contributed by atoms with Crippen molar-refractivity contribution in [1.82, 2.24) is 5.32 Å². The van der Waals surface area contributed by atoms with Gasteiger partial charge in [-0.1, -0.05) is 6.08 Å². The maximum absolute atomic E-state index is 11.5. The average Bonchev–Trinajstić information content (AvgIpc) is 2.31. The zero-order valence-corrected chi connectivity index (χ0v) is 11.3. The smallest absolute Gasteiger partial charge is 0.408 e. The van der Waals surface area contributed by atoms with Gasteiger partial charge in [-0.2, -0.15) is 0 Å². The standard InChI is InChI=1S/C12H21NO5/c1-6-7-17-9(4)10(11(14)16-5)13-12(15)18-8(2)3/h6,8-10H,1,7H2,2-5H3,(H,13,15)/t9-,10-/m0/s1. The highest BCUT2D eigenvalue weighted by atomic mass is 16.6. The summed E-state index contributed by atoms with van der Waals surface area (Å²) in [6.07, 6.45) is 0.0504. The van der Waals surface area contributed by atoms with Crippen molar-refractivity contribution >= 4 is 12.1 Å². The van der Waals surface area contributed by atoms with Crippen molar-refractivity contribution in [1.29, 1.82) is 0 Å². The third kappa shape index (κ3) is 6.24. The summed E-state index contributed by atoms with van der Waals surface area (Å²) in [6.45, 7) is 8.86. The number of methoxy groups -OCH3 is 1. The summed E-state index contributed by atoms with van der Waals surface area (Å²) in [6, 6.07) is -0.916. The molecule has 0 radical (unpaired) electrons. The number of carbonyl (C=O) groups is 2.